The number of carbonyl (C=O) groups is 2. The predicted octanol–water partition coefficient (Wildman–Crippen LogP) is -1.08. The van der Waals surface area contributed by atoms with Gasteiger partial charge >= 0.3 is 6.03 Å². The van der Waals surface area contributed by atoms with E-state index in [4.69, 9.17) is 11.6 Å². The highest BCUT2D eigenvalue weighted by molar-refractivity contribution is 7.16. The topological polar surface area (TPSA) is 67.1 Å². The Morgan fingerprint density at radius 2 is 1.87 bits per heavy atom. The zero-order chi connectivity index (χ0) is 16.8. The van der Waals surface area contributed by atoms with Crippen molar-refractivity contribution < 1.29 is 19.4 Å². The Balaban J connectivity index is 1.68. The molecule has 1 aliphatic rings. The predicted molar refractivity (Wildman–Crippen MR) is 91.1 cm³/mol. The molecule has 6 nitrogen and oxygen atoms in total. The Labute approximate surface area is 145 Å². The minimum absolute atomic E-state index is 0.0213. The molecule has 128 valence electrons. The SMILES string of the molecule is CC(C)NC(=O)NC(=O)C[NH+]1CC[NH+](Cc2ccc(Cl)s2)CC1. The second-order valence-electron chi connectivity index (χ2n) is 6.24. The van der Waals surface area contributed by atoms with E-state index in [-0.39, 0.29) is 11.9 Å². The van der Waals surface area contributed by atoms with E-state index in [0.717, 1.165) is 37.1 Å². The molecule has 1 aromatic heterocycles. The van der Waals surface area contributed by atoms with E-state index in [1.807, 2.05) is 19.9 Å². The summed E-state index contributed by atoms with van der Waals surface area (Å²) >= 11 is 7.59. The van der Waals surface area contributed by atoms with Gasteiger partial charge in [-0.25, -0.2) is 4.79 Å². The van der Waals surface area contributed by atoms with Gasteiger partial charge in [-0.2, -0.15) is 0 Å². The molecular weight excluding hydrogens is 336 g/mol. The number of amides is 3. The zero-order valence-electron chi connectivity index (χ0n) is 13.6. The molecule has 1 aromatic rings. The molecule has 0 aliphatic carbocycles. The first-order valence-electron chi connectivity index (χ1n) is 7.94. The highest BCUT2D eigenvalue weighted by Gasteiger charge is 2.25. The van der Waals surface area contributed by atoms with Crippen LogP contribution >= 0.6 is 22.9 Å². The summed E-state index contributed by atoms with van der Waals surface area (Å²) in [7, 11) is 0. The van der Waals surface area contributed by atoms with Gasteiger partial charge in [-0.15, -0.1) is 11.3 Å². The van der Waals surface area contributed by atoms with Crippen LogP contribution in [0.3, 0.4) is 0 Å². The van der Waals surface area contributed by atoms with Gasteiger partial charge in [-0.1, -0.05) is 11.6 Å². The maximum absolute atomic E-state index is 11.9. The van der Waals surface area contributed by atoms with Crippen molar-refractivity contribution in [2.24, 2.45) is 0 Å². The Morgan fingerprint density at radius 1 is 1.22 bits per heavy atom. The van der Waals surface area contributed by atoms with Gasteiger partial charge in [0.25, 0.3) is 5.91 Å². The number of imide groups is 1. The Bertz CT molecular complexity index is 541. The molecule has 1 saturated heterocycles. The first kappa shape index (κ1) is 18.2. The lowest BCUT2D eigenvalue weighted by Gasteiger charge is -2.29. The molecule has 8 heteroatoms. The highest BCUT2D eigenvalue weighted by atomic mass is 35.5. The molecule has 0 bridgehead atoms. The van der Waals surface area contributed by atoms with Crippen molar-refractivity contribution in [2.45, 2.75) is 26.4 Å². The molecule has 4 N–H and O–H groups in total. The van der Waals surface area contributed by atoms with Crippen LogP contribution in [0.25, 0.3) is 0 Å². The van der Waals surface area contributed by atoms with Gasteiger partial charge < -0.3 is 15.1 Å². The lowest BCUT2D eigenvalue weighted by Crippen LogP contribution is -3.28. The molecule has 0 atom stereocenters. The van der Waals surface area contributed by atoms with Crippen molar-refractivity contribution in [3.8, 4) is 0 Å². The van der Waals surface area contributed by atoms with E-state index in [1.165, 1.54) is 14.7 Å². The average Bonchev–Trinajstić information content (AvgIpc) is 2.85. The number of nitrogens with one attached hydrogen (secondary N) is 4. The van der Waals surface area contributed by atoms with Gasteiger partial charge in [-0.05, 0) is 26.0 Å². The number of rotatable bonds is 5. The summed E-state index contributed by atoms with van der Waals surface area (Å²) in [5.41, 5.74) is 0. The summed E-state index contributed by atoms with van der Waals surface area (Å²) in [4.78, 5) is 27.4. The van der Waals surface area contributed by atoms with Gasteiger partial charge in [0, 0.05) is 6.04 Å². The third kappa shape index (κ3) is 6.47. The summed E-state index contributed by atoms with van der Waals surface area (Å²) in [6, 6.07) is 3.63. The fraction of sp³-hybridized carbons (Fsp3) is 0.600. The van der Waals surface area contributed by atoms with Crippen LogP contribution in [0.5, 0.6) is 0 Å². The number of carbonyl (C=O) groups excluding carboxylic acids is 2. The van der Waals surface area contributed by atoms with E-state index in [1.54, 1.807) is 11.3 Å². The van der Waals surface area contributed by atoms with E-state index >= 15 is 0 Å². The molecule has 0 saturated carbocycles. The average molecular weight is 361 g/mol. The molecule has 0 aromatic carbocycles. The molecule has 0 spiro atoms. The van der Waals surface area contributed by atoms with Crippen LogP contribution < -0.4 is 20.4 Å². The van der Waals surface area contributed by atoms with E-state index in [0.29, 0.717) is 6.54 Å². The van der Waals surface area contributed by atoms with Crippen LogP contribution in [-0.4, -0.2) is 50.7 Å². The first-order valence-corrected chi connectivity index (χ1v) is 9.13. The smallest absolute Gasteiger partial charge is 0.321 e. The molecular formula is C15H25ClN4O2S+2. The lowest BCUT2D eigenvalue weighted by atomic mass is 10.3. The van der Waals surface area contributed by atoms with Gasteiger partial charge in [0.05, 0.1) is 9.21 Å². The summed E-state index contributed by atoms with van der Waals surface area (Å²) in [6.45, 7) is 8.99. The third-order valence-corrected chi connectivity index (χ3v) is 5.03. The van der Waals surface area contributed by atoms with Gasteiger partial charge in [-0.3, -0.25) is 10.1 Å². The van der Waals surface area contributed by atoms with Crippen LogP contribution in [-0.2, 0) is 11.3 Å². The summed E-state index contributed by atoms with van der Waals surface area (Å²) in [5.74, 6) is -0.216. The van der Waals surface area contributed by atoms with E-state index in [2.05, 4.69) is 16.7 Å². The number of hydrogen-bond donors (Lipinski definition) is 4. The second kappa shape index (κ2) is 8.63. The largest absolute Gasteiger partial charge is 0.336 e. The van der Waals surface area contributed by atoms with Crippen molar-refractivity contribution in [3.63, 3.8) is 0 Å². The van der Waals surface area contributed by atoms with Crippen LogP contribution in [0.4, 0.5) is 4.79 Å². The summed E-state index contributed by atoms with van der Waals surface area (Å²) in [6.07, 6.45) is 0. The second-order valence-corrected chi connectivity index (χ2v) is 8.04. The van der Waals surface area contributed by atoms with E-state index < -0.39 is 6.03 Å². The first-order chi connectivity index (χ1) is 10.9. The molecule has 0 radical (unpaired) electrons. The minimum Gasteiger partial charge on any atom is -0.336 e. The molecule has 1 fully saturated rings. The summed E-state index contributed by atoms with van der Waals surface area (Å²) < 4.78 is 0.833. The number of thiophene rings is 1. The fourth-order valence-electron chi connectivity index (χ4n) is 2.70. The van der Waals surface area contributed by atoms with Gasteiger partial charge in [0.1, 0.15) is 32.7 Å². The maximum atomic E-state index is 11.9. The number of hydrogen-bond acceptors (Lipinski definition) is 3. The van der Waals surface area contributed by atoms with E-state index in [9.17, 15) is 9.59 Å². The van der Waals surface area contributed by atoms with Crippen LogP contribution in [0.15, 0.2) is 12.1 Å². The van der Waals surface area contributed by atoms with Crippen molar-refractivity contribution in [2.75, 3.05) is 32.7 Å². The lowest BCUT2D eigenvalue weighted by molar-refractivity contribution is -1.01. The molecule has 2 heterocycles. The van der Waals surface area contributed by atoms with Crippen LogP contribution in [0.2, 0.25) is 4.34 Å². The third-order valence-electron chi connectivity index (χ3n) is 3.80. The Morgan fingerprint density at radius 3 is 2.43 bits per heavy atom. The Hall–Kier alpha value is -1.15. The van der Waals surface area contributed by atoms with Gasteiger partial charge in [0.2, 0.25) is 0 Å². The molecule has 3 amide bonds. The normalized spacial score (nSPS) is 21.2. The number of piperazine rings is 1. The minimum atomic E-state index is -0.414. The molecule has 2 rings (SSSR count). The molecule has 23 heavy (non-hydrogen) atoms. The monoisotopic (exact) mass is 360 g/mol. The quantitative estimate of drug-likeness (QED) is 0.539. The molecule has 0 unspecified atom stereocenters. The summed E-state index contributed by atoms with van der Waals surface area (Å²) in [5, 5.41) is 5.04. The Kier molecular flexibility index (Phi) is 6.83. The van der Waals surface area contributed by atoms with Crippen LogP contribution in [0.1, 0.15) is 18.7 Å². The maximum Gasteiger partial charge on any atom is 0.321 e. The van der Waals surface area contributed by atoms with Gasteiger partial charge in [0.15, 0.2) is 6.54 Å². The highest BCUT2D eigenvalue weighted by Crippen LogP contribution is 2.20. The van der Waals surface area contributed by atoms with Crippen molar-refractivity contribution in [3.05, 3.63) is 21.3 Å². The number of halogens is 1. The standard InChI is InChI=1S/C15H23ClN4O2S/c1-11(2)17-15(22)18-14(21)10-20-7-5-19(6-8-20)9-12-3-4-13(16)23-12/h3-4,11H,5-10H2,1-2H3,(H2,17,18,21,22)/p+2. The number of urea groups is 1. The van der Waals surface area contributed by atoms with Crippen LogP contribution in [0, 0.1) is 0 Å². The van der Waals surface area contributed by atoms with Crippen molar-refractivity contribution in [1.82, 2.24) is 10.6 Å². The number of quaternary nitrogens is 2. The zero-order valence-corrected chi connectivity index (χ0v) is 15.1. The van der Waals surface area contributed by atoms with Crippen molar-refractivity contribution in [1.29, 1.82) is 0 Å². The fourth-order valence-corrected chi connectivity index (χ4v) is 3.86. The molecule has 1 aliphatic heterocycles. The van der Waals surface area contributed by atoms with Crippen molar-refractivity contribution >= 4 is 34.9 Å².